The second-order valence-electron chi connectivity index (χ2n) is 3.81. The van der Waals surface area contributed by atoms with E-state index in [1.165, 1.54) is 13.8 Å². The molecule has 16 heavy (non-hydrogen) atoms. The van der Waals surface area contributed by atoms with Crippen LogP contribution in [0.3, 0.4) is 0 Å². The third-order valence-electron chi connectivity index (χ3n) is 2.39. The summed E-state index contributed by atoms with van der Waals surface area (Å²) in [6.45, 7) is 4.48. The van der Waals surface area contributed by atoms with E-state index in [0.29, 0.717) is 12.0 Å². The summed E-state index contributed by atoms with van der Waals surface area (Å²) < 4.78 is 0. The zero-order chi connectivity index (χ0) is 12.9. The molecule has 0 aromatic carbocycles. The Labute approximate surface area is 92.8 Å². The van der Waals surface area contributed by atoms with Crippen molar-refractivity contribution in [3.05, 3.63) is 26.7 Å². The van der Waals surface area contributed by atoms with Crippen LogP contribution >= 0.6 is 0 Å². The molecule has 0 aliphatic heterocycles. The van der Waals surface area contributed by atoms with Gasteiger partial charge >= 0.3 is 0 Å². The zero-order valence-corrected chi connectivity index (χ0v) is 9.47. The molecule has 1 amide bonds. The highest BCUT2D eigenvalue weighted by Crippen LogP contribution is 2.23. The molecule has 0 bridgehead atoms. The molecule has 0 heterocycles. The summed E-state index contributed by atoms with van der Waals surface area (Å²) in [7, 11) is 0. The van der Waals surface area contributed by atoms with E-state index in [1.807, 2.05) is 0 Å². The third kappa shape index (κ3) is 3.11. The van der Waals surface area contributed by atoms with Gasteiger partial charge in [0.2, 0.25) is 11.4 Å². The highest BCUT2D eigenvalue weighted by Gasteiger charge is 2.35. The predicted octanol–water partition coefficient (Wildman–Crippen LogP) is 0.998. The average Bonchev–Trinajstić information content (AvgIpc) is 2.18. The molecule has 0 aromatic rings. The lowest BCUT2D eigenvalue weighted by molar-refractivity contribution is -0.548. The summed E-state index contributed by atoms with van der Waals surface area (Å²) in [6.07, 6.45) is 1.51. The molecule has 2 N–H and O–H groups in total. The van der Waals surface area contributed by atoms with E-state index in [-0.39, 0.29) is 0 Å². The maximum Gasteiger partial charge on any atom is 0.249 e. The smallest absolute Gasteiger partial charge is 0.249 e. The summed E-state index contributed by atoms with van der Waals surface area (Å²) >= 11 is 0. The fraction of sp³-hybridized carbons (Fsp3) is 0.667. The molecular formula is C9H15N3O4. The maximum atomic E-state index is 10.8. The number of nitrogens with two attached hydrogens (primary N) is 1. The number of nitrogens with zero attached hydrogens (tertiary/aromatic N) is 2. The molecule has 0 saturated heterocycles. The first-order valence-corrected chi connectivity index (χ1v) is 4.74. The van der Waals surface area contributed by atoms with Crippen LogP contribution in [0, 0.1) is 15.0 Å². The van der Waals surface area contributed by atoms with Gasteiger partial charge in [0.15, 0.2) is 6.04 Å². The molecule has 0 aliphatic rings. The Balaban J connectivity index is 5.27. The summed E-state index contributed by atoms with van der Waals surface area (Å²) in [5.74, 6) is -0.917. The largest absolute Gasteiger partial charge is 0.367 e. The van der Waals surface area contributed by atoms with Crippen LogP contribution < -0.4 is 5.73 Å². The van der Waals surface area contributed by atoms with Crippen LogP contribution in [0.4, 0.5) is 0 Å². The normalized spacial score (nSPS) is 14.3. The van der Waals surface area contributed by atoms with Crippen LogP contribution in [0.1, 0.15) is 27.2 Å². The predicted molar refractivity (Wildman–Crippen MR) is 58.2 cm³/mol. The zero-order valence-electron chi connectivity index (χ0n) is 9.47. The molecule has 0 saturated carbocycles. The standard InChI is InChI=1S/C9H15N3O4/c1-4-6(9(2,3)12(15)16)5-7(11-14)8(10)13/h5,7H,4H2,1-3H3,(H2,10,13). The highest BCUT2D eigenvalue weighted by atomic mass is 16.6. The van der Waals surface area contributed by atoms with E-state index in [9.17, 15) is 19.8 Å². The molecular weight excluding hydrogens is 214 g/mol. The van der Waals surface area contributed by atoms with Gasteiger partial charge in [-0.3, -0.25) is 14.9 Å². The van der Waals surface area contributed by atoms with Crippen LogP contribution in [-0.2, 0) is 4.79 Å². The number of amides is 1. The summed E-state index contributed by atoms with van der Waals surface area (Å²) in [6, 6.07) is -1.35. The van der Waals surface area contributed by atoms with E-state index in [1.54, 1.807) is 6.92 Å². The second kappa shape index (κ2) is 5.34. The lowest BCUT2D eigenvalue weighted by Crippen LogP contribution is -2.35. The molecule has 1 unspecified atom stereocenters. The number of nitroso groups, excluding NO2 is 1. The molecule has 0 aromatic heterocycles. The van der Waals surface area contributed by atoms with Gasteiger partial charge in [-0.05, 0) is 12.5 Å². The van der Waals surface area contributed by atoms with Crippen LogP contribution in [0.5, 0.6) is 0 Å². The molecule has 7 nitrogen and oxygen atoms in total. The first-order chi connectivity index (χ1) is 7.27. The Morgan fingerprint density at radius 3 is 2.38 bits per heavy atom. The van der Waals surface area contributed by atoms with E-state index in [4.69, 9.17) is 5.73 Å². The van der Waals surface area contributed by atoms with Gasteiger partial charge in [0.1, 0.15) is 0 Å². The molecule has 0 radical (unpaired) electrons. The van der Waals surface area contributed by atoms with Crippen molar-refractivity contribution in [2.75, 3.05) is 0 Å². The van der Waals surface area contributed by atoms with E-state index >= 15 is 0 Å². The average molecular weight is 229 g/mol. The van der Waals surface area contributed by atoms with Gasteiger partial charge in [-0.15, -0.1) is 4.91 Å². The topological polar surface area (TPSA) is 116 Å². The molecule has 0 rings (SSSR count). The maximum absolute atomic E-state index is 10.8. The lowest BCUT2D eigenvalue weighted by Gasteiger charge is -2.19. The highest BCUT2D eigenvalue weighted by molar-refractivity contribution is 5.82. The Kier molecular flexibility index (Phi) is 4.74. The van der Waals surface area contributed by atoms with Crippen molar-refractivity contribution in [2.24, 2.45) is 10.9 Å². The van der Waals surface area contributed by atoms with Crippen molar-refractivity contribution in [3.63, 3.8) is 0 Å². The van der Waals surface area contributed by atoms with Gasteiger partial charge in [-0.25, -0.2) is 0 Å². The molecule has 0 spiro atoms. The van der Waals surface area contributed by atoms with Crippen molar-refractivity contribution < 1.29 is 9.72 Å². The summed E-state index contributed by atoms with van der Waals surface area (Å²) in [4.78, 5) is 31.4. The number of rotatable bonds is 6. The van der Waals surface area contributed by atoms with Gasteiger partial charge in [0, 0.05) is 24.3 Å². The number of carbonyl (C=O) groups excluding carboxylic acids is 1. The van der Waals surface area contributed by atoms with Crippen molar-refractivity contribution >= 4 is 5.91 Å². The quantitative estimate of drug-likeness (QED) is 0.316. The minimum absolute atomic E-state index is 0.341. The number of carbonyl (C=O) groups is 1. The Bertz CT molecular complexity index is 336. The monoisotopic (exact) mass is 229 g/mol. The van der Waals surface area contributed by atoms with Gasteiger partial charge < -0.3 is 5.73 Å². The fourth-order valence-corrected chi connectivity index (χ4v) is 1.23. The number of nitro groups is 1. The van der Waals surface area contributed by atoms with Crippen LogP contribution in [0.15, 0.2) is 16.8 Å². The first kappa shape index (κ1) is 14.2. The molecule has 1 atom stereocenters. The van der Waals surface area contributed by atoms with Gasteiger partial charge in [-0.1, -0.05) is 12.1 Å². The van der Waals surface area contributed by atoms with Gasteiger partial charge in [-0.2, -0.15) is 0 Å². The van der Waals surface area contributed by atoms with E-state index in [2.05, 4.69) is 5.18 Å². The van der Waals surface area contributed by atoms with Crippen molar-refractivity contribution in [3.8, 4) is 0 Å². The van der Waals surface area contributed by atoms with Crippen LogP contribution in [0.2, 0.25) is 0 Å². The van der Waals surface area contributed by atoms with E-state index < -0.39 is 22.4 Å². The number of primary amides is 1. The molecule has 90 valence electrons. The van der Waals surface area contributed by atoms with Gasteiger partial charge in [0.05, 0.1) is 0 Å². The van der Waals surface area contributed by atoms with Crippen molar-refractivity contribution in [1.29, 1.82) is 0 Å². The van der Waals surface area contributed by atoms with Crippen molar-refractivity contribution in [2.45, 2.75) is 38.8 Å². The fourth-order valence-electron chi connectivity index (χ4n) is 1.23. The van der Waals surface area contributed by atoms with Crippen molar-refractivity contribution in [1.82, 2.24) is 0 Å². The third-order valence-corrected chi connectivity index (χ3v) is 2.39. The van der Waals surface area contributed by atoms with Crippen LogP contribution in [0.25, 0.3) is 0 Å². The first-order valence-electron chi connectivity index (χ1n) is 4.74. The Hall–Kier alpha value is -1.79. The Morgan fingerprint density at radius 1 is 1.62 bits per heavy atom. The molecule has 0 aliphatic carbocycles. The molecule has 7 heteroatoms. The summed E-state index contributed by atoms with van der Waals surface area (Å²) in [5.41, 5.74) is 3.93. The lowest BCUT2D eigenvalue weighted by atomic mass is 9.91. The van der Waals surface area contributed by atoms with E-state index in [0.717, 1.165) is 6.08 Å². The minimum Gasteiger partial charge on any atom is -0.367 e. The Morgan fingerprint density at radius 2 is 2.12 bits per heavy atom. The molecule has 0 fully saturated rings. The van der Waals surface area contributed by atoms with Gasteiger partial charge in [0.25, 0.3) is 0 Å². The summed E-state index contributed by atoms with van der Waals surface area (Å²) in [5, 5.41) is 13.3. The number of hydrogen-bond donors (Lipinski definition) is 1. The number of hydrogen-bond acceptors (Lipinski definition) is 5. The van der Waals surface area contributed by atoms with Crippen LogP contribution in [-0.4, -0.2) is 22.4 Å². The second-order valence-corrected chi connectivity index (χ2v) is 3.81. The minimum atomic E-state index is -1.35. The SMILES string of the molecule is CCC(=CC(N=O)C(N)=O)C(C)(C)[N+](=O)[O-].